The van der Waals surface area contributed by atoms with E-state index in [-0.39, 0.29) is 18.1 Å². The van der Waals surface area contributed by atoms with Crippen LogP contribution in [0.1, 0.15) is 22.0 Å². The van der Waals surface area contributed by atoms with E-state index in [4.69, 9.17) is 0 Å². The van der Waals surface area contributed by atoms with Gasteiger partial charge in [0.25, 0.3) is 5.91 Å². The van der Waals surface area contributed by atoms with Crippen LogP contribution in [0.2, 0.25) is 0 Å². The molecule has 0 aliphatic heterocycles. The van der Waals surface area contributed by atoms with Crippen LogP contribution in [0, 0.1) is 6.92 Å². The standard InChI is InChI=1S/C12H12F2N4O2/c1-7-16-10(18-17-7)11(19)15-6-8-2-4-9(5-3-8)20-12(13)14/h2-5,12H,6H2,1H3,(H,15,19)(H,16,17,18). The molecule has 1 amide bonds. The monoisotopic (exact) mass is 282 g/mol. The van der Waals surface area contributed by atoms with Crippen molar-refractivity contribution in [3.05, 3.63) is 41.5 Å². The highest BCUT2D eigenvalue weighted by Gasteiger charge is 2.10. The number of benzene rings is 1. The average molecular weight is 282 g/mol. The van der Waals surface area contributed by atoms with Gasteiger partial charge in [0.1, 0.15) is 11.6 Å². The molecule has 0 fully saturated rings. The number of hydrogen-bond donors (Lipinski definition) is 2. The largest absolute Gasteiger partial charge is 0.435 e. The Morgan fingerprint density at radius 3 is 2.65 bits per heavy atom. The number of H-pyrrole nitrogens is 1. The molecule has 1 heterocycles. The van der Waals surface area contributed by atoms with Crippen LogP contribution >= 0.6 is 0 Å². The number of aromatic amines is 1. The molecule has 1 aromatic carbocycles. The summed E-state index contributed by atoms with van der Waals surface area (Å²) in [5.74, 6) is 0.255. The molecule has 8 heteroatoms. The van der Waals surface area contributed by atoms with Crippen LogP contribution < -0.4 is 10.1 Å². The molecule has 2 aromatic rings. The van der Waals surface area contributed by atoms with E-state index in [9.17, 15) is 13.6 Å². The van der Waals surface area contributed by atoms with Crippen molar-refractivity contribution in [2.45, 2.75) is 20.1 Å². The number of aryl methyl sites for hydroxylation is 1. The lowest BCUT2D eigenvalue weighted by molar-refractivity contribution is -0.0498. The number of nitrogens with one attached hydrogen (secondary N) is 2. The fourth-order valence-corrected chi connectivity index (χ4v) is 1.49. The number of rotatable bonds is 5. The summed E-state index contributed by atoms with van der Waals surface area (Å²) >= 11 is 0. The van der Waals surface area contributed by atoms with E-state index < -0.39 is 12.5 Å². The number of carbonyl (C=O) groups is 1. The Morgan fingerprint density at radius 2 is 2.10 bits per heavy atom. The molecule has 0 radical (unpaired) electrons. The van der Waals surface area contributed by atoms with E-state index in [0.717, 1.165) is 5.56 Å². The number of aromatic nitrogens is 3. The van der Waals surface area contributed by atoms with Gasteiger partial charge in [0.05, 0.1) is 0 Å². The molecule has 0 saturated heterocycles. The molecule has 0 bridgehead atoms. The van der Waals surface area contributed by atoms with Gasteiger partial charge in [0.2, 0.25) is 5.82 Å². The summed E-state index contributed by atoms with van der Waals surface area (Å²) in [5, 5.41) is 8.90. The highest BCUT2D eigenvalue weighted by Crippen LogP contribution is 2.14. The highest BCUT2D eigenvalue weighted by molar-refractivity contribution is 5.90. The van der Waals surface area contributed by atoms with Crippen molar-refractivity contribution in [2.75, 3.05) is 0 Å². The second-order valence-corrected chi connectivity index (χ2v) is 3.95. The van der Waals surface area contributed by atoms with Crippen molar-refractivity contribution in [3.8, 4) is 5.75 Å². The third-order valence-electron chi connectivity index (χ3n) is 2.40. The molecule has 20 heavy (non-hydrogen) atoms. The highest BCUT2D eigenvalue weighted by atomic mass is 19.3. The van der Waals surface area contributed by atoms with Gasteiger partial charge in [0.15, 0.2) is 0 Å². The SMILES string of the molecule is Cc1nc(C(=O)NCc2ccc(OC(F)F)cc2)n[nH]1. The third-order valence-corrected chi connectivity index (χ3v) is 2.40. The minimum absolute atomic E-state index is 0.0557. The van der Waals surface area contributed by atoms with Gasteiger partial charge in [0, 0.05) is 6.54 Å². The number of carbonyl (C=O) groups excluding carboxylic acids is 1. The van der Waals surface area contributed by atoms with Gasteiger partial charge in [-0.3, -0.25) is 9.89 Å². The molecule has 0 spiro atoms. The van der Waals surface area contributed by atoms with Gasteiger partial charge in [-0.2, -0.15) is 8.78 Å². The van der Waals surface area contributed by atoms with Gasteiger partial charge in [-0.25, -0.2) is 4.98 Å². The van der Waals surface area contributed by atoms with Crippen LogP contribution in [0.5, 0.6) is 5.75 Å². The smallest absolute Gasteiger partial charge is 0.387 e. The van der Waals surface area contributed by atoms with Crippen molar-refractivity contribution in [2.24, 2.45) is 0 Å². The Labute approximate surface area is 113 Å². The maximum atomic E-state index is 12.0. The molecule has 6 nitrogen and oxygen atoms in total. The van der Waals surface area contributed by atoms with Crippen LogP contribution in [0.3, 0.4) is 0 Å². The lowest BCUT2D eigenvalue weighted by Crippen LogP contribution is -2.24. The second kappa shape index (κ2) is 6.09. The van der Waals surface area contributed by atoms with Crippen LogP contribution in [0.25, 0.3) is 0 Å². The van der Waals surface area contributed by atoms with Crippen LogP contribution in [-0.4, -0.2) is 27.7 Å². The zero-order valence-electron chi connectivity index (χ0n) is 10.6. The van der Waals surface area contributed by atoms with Crippen molar-refractivity contribution in [3.63, 3.8) is 0 Å². The molecule has 0 unspecified atom stereocenters. The summed E-state index contributed by atoms with van der Waals surface area (Å²) in [5.41, 5.74) is 0.743. The lowest BCUT2D eigenvalue weighted by Gasteiger charge is -2.06. The fourth-order valence-electron chi connectivity index (χ4n) is 1.49. The minimum atomic E-state index is -2.85. The second-order valence-electron chi connectivity index (χ2n) is 3.95. The summed E-state index contributed by atoms with van der Waals surface area (Å²) in [6.45, 7) is -0.929. The van der Waals surface area contributed by atoms with E-state index in [1.165, 1.54) is 12.1 Å². The molecule has 0 aliphatic rings. The first-order valence-electron chi connectivity index (χ1n) is 5.75. The van der Waals surface area contributed by atoms with E-state index in [1.54, 1.807) is 19.1 Å². The molecule has 1 aromatic heterocycles. The maximum Gasteiger partial charge on any atom is 0.387 e. The summed E-state index contributed by atoms with van der Waals surface area (Å²) in [6, 6.07) is 5.98. The topological polar surface area (TPSA) is 79.9 Å². The molecule has 2 rings (SSSR count). The van der Waals surface area contributed by atoms with Crippen LogP contribution in [0.4, 0.5) is 8.78 Å². The molecule has 0 atom stereocenters. The molecular formula is C12H12F2N4O2. The summed E-state index contributed by atoms with van der Waals surface area (Å²) in [7, 11) is 0. The molecule has 106 valence electrons. The van der Waals surface area contributed by atoms with E-state index >= 15 is 0 Å². The minimum Gasteiger partial charge on any atom is -0.435 e. The summed E-state index contributed by atoms with van der Waals surface area (Å²) in [4.78, 5) is 15.6. The van der Waals surface area contributed by atoms with Gasteiger partial charge in [-0.05, 0) is 24.6 Å². The van der Waals surface area contributed by atoms with E-state index in [1.807, 2.05) is 0 Å². The quantitative estimate of drug-likeness (QED) is 0.873. The number of nitrogens with zero attached hydrogens (tertiary/aromatic N) is 2. The van der Waals surface area contributed by atoms with Crippen molar-refractivity contribution >= 4 is 5.91 Å². The Balaban J connectivity index is 1.89. The zero-order valence-corrected chi connectivity index (χ0v) is 10.6. The Morgan fingerprint density at radius 1 is 1.40 bits per heavy atom. The predicted octanol–water partition coefficient (Wildman–Crippen LogP) is 1.64. The fraction of sp³-hybridized carbons (Fsp3) is 0.250. The zero-order chi connectivity index (χ0) is 14.5. The Kier molecular flexibility index (Phi) is 4.24. The first-order valence-corrected chi connectivity index (χ1v) is 5.75. The van der Waals surface area contributed by atoms with E-state index in [0.29, 0.717) is 5.82 Å². The summed E-state index contributed by atoms with van der Waals surface area (Å²) < 4.78 is 28.2. The van der Waals surface area contributed by atoms with Gasteiger partial charge >= 0.3 is 6.61 Å². The van der Waals surface area contributed by atoms with Crippen molar-refractivity contribution in [1.82, 2.24) is 20.5 Å². The average Bonchev–Trinajstić information content (AvgIpc) is 2.84. The first kappa shape index (κ1) is 13.9. The number of ether oxygens (including phenoxy) is 1. The van der Waals surface area contributed by atoms with E-state index in [2.05, 4.69) is 25.2 Å². The number of amides is 1. The van der Waals surface area contributed by atoms with Gasteiger partial charge in [-0.1, -0.05) is 12.1 Å². The number of hydrogen-bond acceptors (Lipinski definition) is 4. The third kappa shape index (κ3) is 3.74. The van der Waals surface area contributed by atoms with Crippen LogP contribution in [0.15, 0.2) is 24.3 Å². The molecule has 0 saturated carbocycles. The maximum absolute atomic E-state index is 12.0. The Bertz CT molecular complexity index is 583. The number of alkyl halides is 2. The van der Waals surface area contributed by atoms with Crippen LogP contribution in [-0.2, 0) is 6.54 Å². The number of halogens is 2. The van der Waals surface area contributed by atoms with Gasteiger partial charge in [-0.15, -0.1) is 5.10 Å². The predicted molar refractivity (Wildman–Crippen MR) is 65.4 cm³/mol. The lowest BCUT2D eigenvalue weighted by atomic mass is 10.2. The van der Waals surface area contributed by atoms with Gasteiger partial charge < -0.3 is 10.1 Å². The first-order chi connectivity index (χ1) is 9.54. The molecule has 2 N–H and O–H groups in total. The molecule has 0 aliphatic carbocycles. The normalized spacial score (nSPS) is 10.6. The molecular weight excluding hydrogens is 270 g/mol. The Hall–Kier alpha value is -2.51. The summed E-state index contributed by atoms with van der Waals surface area (Å²) in [6.07, 6.45) is 0. The van der Waals surface area contributed by atoms with Crippen molar-refractivity contribution in [1.29, 1.82) is 0 Å². The van der Waals surface area contributed by atoms with Crippen molar-refractivity contribution < 1.29 is 18.3 Å².